The van der Waals surface area contributed by atoms with Gasteiger partial charge in [0.15, 0.2) is 0 Å². The van der Waals surface area contributed by atoms with Crippen molar-refractivity contribution in [1.29, 1.82) is 0 Å². The van der Waals surface area contributed by atoms with Crippen molar-refractivity contribution >= 4 is 21.8 Å². The highest BCUT2D eigenvalue weighted by Crippen LogP contribution is 2.33. The van der Waals surface area contributed by atoms with Gasteiger partial charge in [0.25, 0.3) is 0 Å². The maximum atomic E-state index is 6.04. The van der Waals surface area contributed by atoms with Crippen LogP contribution in [0.4, 0.5) is 0 Å². The number of nitrogens with one attached hydrogen (secondary N) is 2. The van der Waals surface area contributed by atoms with E-state index in [0.29, 0.717) is 6.61 Å². The number of aromatic amines is 2. The molecule has 2 N–H and O–H groups in total. The van der Waals surface area contributed by atoms with Crippen molar-refractivity contribution in [3.05, 3.63) is 73.3 Å². The summed E-state index contributed by atoms with van der Waals surface area (Å²) in [7, 11) is 0. The van der Waals surface area contributed by atoms with Crippen LogP contribution in [0.15, 0.2) is 67.6 Å². The summed E-state index contributed by atoms with van der Waals surface area (Å²) in [5, 5.41) is 9.92. The third-order valence-corrected chi connectivity index (χ3v) is 7.25. The van der Waals surface area contributed by atoms with Crippen molar-refractivity contribution in [3.8, 4) is 34.0 Å². The number of rotatable bonds is 7. The van der Waals surface area contributed by atoms with E-state index in [1.54, 1.807) is 6.20 Å². The fourth-order valence-electron chi connectivity index (χ4n) is 5.28. The number of benzene rings is 1. The lowest BCUT2D eigenvalue weighted by molar-refractivity contribution is 0.237. The van der Waals surface area contributed by atoms with Crippen LogP contribution in [0.5, 0.6) is 5.75 Å². The Balaban J connectivity index is 1.20. The minimum atomic E-state index is 0.673. The molecular weight excluding hydrogens is 476 g/mol. The van der Waals surface area contributed by atoms with Crippen molar-refractivity contribution in [2.75, 3.05) is 26.2 Å². The van der Waals surface area contributed by atoms with Gasteiger partial charge >= 0.3 is 0 Å². The van der Waals surface area contributed by atoms with E-state index in [4.69, 9.17) is 4.74 Å². The molecular formula is C29H28N8O. The lowest BCUT2D eigenvalue weighted by Crippen LogP contribution is -2.25. The second-order valence-corrected chi connectivity index (χ2v) is 9.86. The first-order valence-electron chi connectivity index (χ1n) is 13.0. The minimum absolute atomic E-state index is 0.673. The molecule has 7 rings (SSSR count). The molecule has 0 radical (unpaired) electrons. The highest BCUT2D eigenvalue weighted by molar-refractivity contribution is 5.99. The molecule has 1 aliphatic heterocycles. The van der Waals surface area contributed by atoms with Crippen molar-refractivity contribution in [1.82, 2.24) is 39.6 Å². The lowest BCUT2D eigenvalue weighted by Gasteiger charge is -2.15. The fraction of sp³-hybridized carbons (Fsp3) is 0.241. The van der Waals surface area contributed by atoms with Gasteiger partial charge in [0.1, 0.15) is 18.1 Å². The second kappa shape index (κ2) is 9.42. The molecule has 1 fully saturated rings. The van der Waals surface area contributed by atoms with Crippen molar-refractivity contribution in [2.24, 2.45) is 0 Å². The molecule has 1 aliphatic rings. The molecule has 9 heteroatoms. The van der Waals surface area contributed by atoms with Gasteiger partial charge in [-0.2, -0.15) is 5.10 Å². The molecule has 6 heterocycles. The van der Waals surface area contributed by atoms with Gasteiger partial charge in [-0.25, -0.2) is 4.98 Å². The van der Waals surface area contributed by atoms with Gasteiger partial charge in [-0.1, -0.05) is 6.07 Å². The van der Waals surface area contributed by atoms with E-state index >= 15 is 0 Å². The van der Waals surface area contributed by atoms with E-state index in [-0.39, 0.29) is 0 Å². The molecule has 5 aromatic heterocycles. The first-order chi connectivity index (χ1) is 18.7. The molecule has 6 aromatic rings. The van der Waals surface area contributed by atoms with Crippen LogP contribution in [-0.4, -0.2) is 65.8 Å². The average Bonchev–Trinajstić information content (AvgIpc) is 3.74. The summed E-state index contributed by atoms with van der Waals surface area (Å²) in [6, 6.07) is 10.5. The highest BCUT2D eigenvalue weighted by Gasteiger charge is 2.15. The molecule has 0 amide bonds. The number of hydrogen-bond donors (Lipinski definition) is 2. The summed E-state index contributed by atoms with van der Waals surface area (Å²) in [6.45, 7) is 5.95. The number of aromatic nitrogens is 7. The van der Waals surface area contributed by atoms with Crippen LogP contribution >= 0.6 is 0 Å². The Kier molecular flexibility index (Phi) is 5.62. The Morgan fingerprint density at radius 3 is 2.68 bits per heavy atom. The standard InChI is InChI=1S/C29H28N8O/c1-19-17-37(18-32-19)28-16-31-15-27-23(28)12-26(33-27)29-24-11-20(4-5-25(24)34-35-29)21-10-22(14-30-13-21)38-9-8-36-6-2-3-7-36/h4-5,10-18,33H,2-3,6-9H2,1H3,(H,34,35). The maximum absolute atomic E-state index is 6.04. The minimum Gasteiger partial charge on any atom is -0.491 e. The van der Waals surface area contributed by atoms with Crippen LogP contribution in [0.3, 0.4) is 0 Å². The van der Waals surface area contributed by atoms with Gasteiger partial charge in [0.2, 0.25) is 0 Å². The van der Waals surface area contributed by atoms with Crippen LogP contribution in [-0.2, 0) is 0 Å². The zero-order valence-corrected chi connectivity index (χ0v) is 21.2. The molecule has 1 aromatic carbocycles. The molecule has 1 saturated heterocycles. The van der Waals surface area contributed by atoms with E-state index in [9.17, 15) is 0 Å². The summed E-state index contributed by atoms with van der Waals surface area (Å²) in [5.41, 5.74) is 7.69. The van der Waals surface area contributed by atoms with Gasteiger partial charge in [-0.05, 0) is 62.7 Å². The number of nitrogens with zero attached hydrogens (tertiary/aromatic N) is 6. The summed E-state index contributed by atoms with van der Waals surface area (Å²) < 4.78 is 8.03. The Labute approximate surface area is 219 Å². The molecule has 0 saturated carbocycles. The monoisotopic (exact) mass is 504 g/mol. The maximum Gasteiger partial charge on any atom is 0.138 e. The number of pyridine rings is 2. The number of aryl methyl sites for hydroxylation is 1. The molecule has 38 heavy (non-hydrogen) atoms. The van der Waals surface area contributed by atoms with Gasteiger partial charge in [-0.3, -0.25) is 20.0 Å². The third-order valence-electron chi connectivity index (χ3n) is 7.25. The summed E-state index contributed by atoms with van der Waals surface area (Å²) in [6.07, 6.45) is 13.7. The Morgan fingerprint density at radius 1 is 0.921 bits per heavy atom. The Hall–Kier alpha value is -4.50. The van der Waals surface area contributed by atoms with Crippen LogP contribution in [0.2, 0.25) is 0 Å². The van der Waals surface area contributed by atoms with E-state index in [2.05, 4.69) is 65.4 Å². The summed E-state index contributed by atoms with van der Waals surface area (Å²) >= 11 is 0. The van der Waals surface area contributed by atoms with Gasteiger partial charge in [0.05, 0.1) is 53.0 Å². The molecule has 9 nitrogen and oxygen atoms in total. The largest absolute Gasteiger partial charge is 0.491 e. The van der Waals surface area contributed by atoms with Gasteiger partial charge in [0, 0.05) is 35.3 Å². The highest BCUT2D eigenvalue weighted by atomic mass is 16.5. The Morgan fingerprint density at radius 2 is 1.82 bits per heavy atom. The van der Waals surface area contributed by atoms with Crippen LogP contribution in [0, 0.1) is 6.92 Å². The number of imidazole rings is 1. The Bertz CT molecular complexity index is 1740. The number of fused-ring (bicyclic) bond motifs is 2. The lowest BCUT2D eigenvalue weighted by atomic mass is 10.0. The summed E-state index contributed by atoms with van der Waals surface area (Å²) in [4.78, 5) is 19.2. The van der Waals surface area contributed by atoms with E-state index in [1.165, 1.54) is 25.9 Å². The number of H-pyrrole nitrogens is 2. The first-order valence-corrected chi connectivity index (χ1v) is 13.0. The van der Waals surface area contributed by atoms with Crippen LogP contribution in [0.1, 0.15) is 18.5 Å². The van der Waals surface area contributed by atoms with Gasteiger partial charge < -0.3 is 14.3 Å². The summed E-state index contributed by atoms with van der Waals surface area (Å²) in [5.74, 6) is 0.791. The molecule has 190 valence electrons. The van der Waals surface area contributed by atoms with Crippen molar-refractivity contribution in [3.63, 3.8) is 0 Å². The first kappa shape index (κ1) is 22.7. The third kappa shape index (κ3) is 4.20. The quantitative estimate of drug-likeness (QED) is 0.312. The van der Waals surface area contributed by atoms with Crippen molar-refractivity contribution in [2.45, 2.75) is 19.8 Å². The number of likely N-dealkylation sites (tertiary alicyclic amines) is 1. The van der Waals surface area contributed by atoms with Crippen LogP contribution in [0.25, 0.3) is 50.0 Å². The zero-order chi connectivity index (χ0) is 25.5. The molecule has 0 spiro atoms. The molecule has 0 atom stereocenters. The smallest absolute Gasteiger partial charge is 0.138 e. The fourth-order valence-corrected chi connectivity index (χ4v) is 5.28. The predicted molar refractivity (Wildman–Crippen MR) is 147 cm³/mol. The number of hydrogen-bond acceptors (Lipinski definition) is 6. The second-order valence-electron chi connectivity index (χ2n) is 9.86. The zero-order valence-electron chi connectivity index (χ0n) is 21.2. The normalized spacial score (nSPS) is 14.1. The van der Waals surface area contributed by atoms with E-state index < -0.39 is 0 Å². The van der Waals surface area contributed by atoms with E-state index in [1.807, 2.05) is 42.6 Å². The molecule has 0 bridgehead atoms. The van der Waals surface area contributed by atoms with E-state index in [0.717, 1.165) is 68.0 Å². The average molecular weight is 505 g/mol. The van der Waals surface area contributed by atoms with Crippen molar-refractivity contribution < 1.29 is 4.74 Å². The number of ether oxygens (including phenoxy) is 1. The van der Waals surface area contributed by atoms with Gasteiger partial charge in [-0.15, -0.1) is 0 Å². The predicted octanol–water partition coefficient (Wildman–Crippen LogP) is 5.14. The van der Waals surface area contributed by atoms with Crippen LogP contribution < -0.4 is 4.74 Å². The SMILES string of the molecule is Cc1cn(-c2cncc3[nH]c(-c4n[nH]c5ccc(-c6cncc(OCCN7CCCC7)c6)cc45)cc23)cn1. The molecule has 0 aliphatic carbocycles. The topological polar surface area (TPSA) is 101 Å². The molecule has 0 unspecified atom stereocenters.